The number of hydrogen-bond acceptors (Lipinski definition) is 6. The summed E-state index contributed by atoms with van der Waals surface area (Å²) in [5.74, 6) is 0.204. The number of rotatable bonds is 13. The molecule has 3 amide bonds. The summed E-state index contributed by atoms with van der Waals surface area (Å²) in [6.07, 6.45) is 1.10. The number of carbonyl (C=O) groups excluding carboxylic acids is 2. The molecule has 0 bridgehead atoms. The van der Waals surface area contributed by atoms with E-state index in [2.05, 4.69) is 28.2 Å². The summed E-state index contributed by atoms with van der Waals surface area (Å²) in [5, 5.41) is 21.8. The van der Waals surface area contributed by atoms with Crippen LogP contribution in [-0.4, -0.2) is 54.5 Å². The second-order valence-corrected chi connectivity index (χ2v) is 9.56. The lowest BCUT2D eigenvalue weighted by Gasteiger charge is -2.28. The maximum Gasteiger partial charge on any atom is 0.407 e. The molecule has 1 radical (unpaired) electrons. The molecular weight excluding hydrogens is 422 g/mol. The van der Waals surface area contributed by atoms with Gasteiger partial charge in [-0.3, -0.25) is 0 Å². The van der Waals surface area contributed by atoms with Gasteiger partial charge in [0.1, 0.15) is 5.60 Å². The zero-order valence-corrected chi connectivity index (χ0v) is 20.7. The minimum atomic E-state index is -0.558. The Bertz CT molecular complexity index is 749. The van der Waals surface area contributed by atoms with Crippen molar-refractivity contribution in [2.24, 2.45) is 11.7 Å². The molecular formula is C24H42N5O4. The summed E-state index contributed by atoms with van der Waals surface area (Å²) in [6, 6.07) is 5.09. The second-order valence-electron chi connectivity index (χ2n) is 9.56. The Hall–Kier alpha value is -2.52. The van der Waals surface area contributed by atoms with Crippen molar-refractivity contribution in [3.63, 3.8) is 0 Å². The van der Waals surface area contributed by atoms with E-state index in [4.69, 9.17) is 10.5 Å². The predicted molar refractivity (Wildman–Crippen MR) is 132 cm³/mol. The number of nitrogens with two attached hydrogens (primary N) is 1. The molecule has 33 heavy (non-hydrogen) atoms. The highest BCUT2D eigenvalue weighted by Crippen LogP contribution is 2.15. The Labute approximate surface area is 198 Å². The summed E-state index contributed by atoms with van der Waals surface area (Å²) in [5.41, 5.74) is 7.07. The van der Waals surface area contributed by atoms with Crippen LogP contribution >= 0.6 is 0 Å². The zero-order valence-electron chi connectivity index (χ0n) is 20.7. The van der Waals surface area contributed by atoms with E-state index in [-0.39, 0.29) is 24.6 Å². The van der Waals surface area contributed by atoms with Gasteiger partial charge in [0, 0.05) is 37.4 Å². The highest BCUT2D eigenvalue weighted by molar-refractivity contribution is 5.71. The first-order valence-electron chi connectivity index (χ1n) is 11.5. The van der Waals surface area contributed by atoms with Crippen molar-refractivity contribution in [3.8, 4) is 0 Å². The van der Waals surface area contributed by atoms with Gasteiger partial charge >= 0.3 is 12.1 Å². The highest BCUT2D eigenvalue weighted by Gasteiger charge is 2.22. The van der Waals surface area contributed by atoms with E-state index in [1.807, 2.05) is 52.8 Å². The van der Waals surface area contributed by atoms with Crippen LogP contribution in [-0.2, 0) is 11.3 Å². The van der Waals surface area contributed by atoms with Gasteiger partial charge in [0.15, 0.2) is 0 Å². The minimum Gasteiger partial charge on any atom is -0.444 e. The average molecular weight is 465 g/mol. The summed E-state index contributed by atoms with van der Waals surface area (Å²) in [7, 11) is 0. The Balaban J connectivity index is 2.73. The fourth-order valence-electron chi connectivity index (χ4n) is 3.17. The number of nitrogens with one attached hydrogen (secondary N) is 4. The maximum absolute atomic E-state index is 12.2. The molecule has 0 aliphatic rings. The van der Waals surface area contributed by atoms with Gasteiger partial charge in [-0.2, -0.15) is 0 Å². The van der Waals surface area contributed by atoms with Gasteiger partial charge in [0.05, 0.1) is 6.61 Å². The van der Waals surface area contributed by atoms with E-state index in [0.717, 1.165) is 29.7 Å². The molecule has 0 saturated carbocycles. The Kier molecular flexibility index (Phi) is 12.0. The second kappa shape index (κ2) is 13.9. The molecule has 1 aromatic carbocycles. The largest absolute Gasteiger partial charge is 0.444 e. The molecule has 7 N–H and O–H groups in total. The van der Waals surface area contributed by atoms with Gasteiger partial charge in [0.25, 0.3) is 0 Å². The van der Waals surface area contributed by atoms with Gasteiger partial charge < -0.3 is 36.8 Å². The average Bonchev–Trinajstić information content (AvgIpc) is 2.69. The van der Waals surface area contributed by atoms with E-state index in [9.17, 15) is 14.7 Å². The quantitative estimate of drug-likeness (QED) is 0.248. The van der Waals surface area contributed by atoms with Crippen LogP contribution in [0.25, 0.3) is 0 Å². The Morgan fingerprint density at radius 1 is 1.21 bits per heavy atom. The van der Waals surface area contributed by atoms with Crippen LogP contribution < -0.4 is 27.0 Å². The topological polar surface area (TPSA) is 138 Å². The molecule has 0 saturated heterocycles. The molecule has 187 valence electrons. The molecule has 0 spiro atoms. The van der Waals surface area contributed by atoms with Crippen LogP contribution in [0, 0.1) is 12.8 Å². The van der Waals surface area contributed by atoms with Gasteiger partial charge in [-0.25, -0.2) is 9.59 Å². The third-order valence-corrected chi connectivity index (χ3v) is 5.09. The van der Waals surface area contributed by atoms with Gasteiger partial charge in [-0.1, -0.05) is 19.9 Å². The molecule has 9 nitrogen and oxygen atoms in total. The van der Waals surface area contributed by atoms with E-state index < -0.39 is 17.7 Å². The molecule has 0 aliphatic heterocycles. The lowest BCUT2D eigenvalue weighted by molar-refractivity contribution is 0.0489. The highest BCUT2D eigenvalue weighted by atomic mass is 16.6. The number of primary amides is 1. The smallest absolute Gasteiger partial charge is 0.407 e. The minimum absolute atomic E-state index is 0.0443. The third kappa shape index (κ3) is 12.3. The normalized spacial score (nSPS) is 13.3. The summed E-state index contributed by atoms with van der Waals surface area (Å²) < 4.78 is 5.40. The Morgan fingerprint density at radius 2 is 1.91 bits per heavy atom. The number of hydrogen-bond donors (Lipinski definition) is 6. The number of urea groups is 1. The monoisotopic (exact) mass is 464 g/mol. The van der Waals surface area contributed by atoms with Crippen LogP contribution in [0.15, 0.2) is 18.2 Å². The number of aliphatic hydroxyl groups is 1. The molecule has 2 atom stereocenters. The first-order chi connectivity index (χ1) is 15.4. The van der Waals surface area contributed by atoms with Crippen molar-refractivity contribution < 1.29 is 19.4 Å². The molecule has 1 aromatic rings. The van der Waals surface area contributed by atoms with Crippen molar-refractivity contribution in [1.29, 1.82) is 0 Å². The third-order valence-electron chi connectivity index (χ3n) is 5.09. The van der Waals surface area contributed by atoms with Crippen molar-refractivity contribution in [1.82, 2.24) is 16.0 Å². The molecule has 0 unspecified atom stereocenters. The number of amides is 3. The lowest BCUT2D eigenvalue weighted by Crippen LogP contribution is -2.50. The molecule has 9 heteroatoms. The van der Waals surface area contributed by atoms with Crippen LogP contribution in [0.2, 0.25) is 0 Å². The number of anilines is 1. The lowest BCUT2D eigenvalue weighted by atomic mass is 10.0. The van der Waals surface area contributed by atoms with Crippen molar-refractivity contribution in [2.75, 3.05) is 25.0 Å². The Morgan fingerprint density at radius 3 is 2.45 bits per heavy atom. The molecule has 1 rings (SSSR count). The summed E-state index contributed by atoms with van der Waals surface area (Å²) in [6.45, 7) is 15.2. The standard InChI is InChI=1S/C24H42N5O4/c1-16(2)21(29-23(32)33-24(4,5)6)14-28-20(8-7-11-26-22(25)31)13-27-19-10-9-18(15-30)17(3)12-19/h9-10,12,16,20-21,27-28,30H,3,7-8,11,13-15H2,1-2,4-6H3,(H,29,32)(H3,25,26,31)/t20-,21+/m0/s1. The number of carbonyl (C=O) groups is 2. The molecule has 0 aromatic heterocycles. The van der Waals surface area contributed by atoms with E-state index in [1.165, 1.54) is 0 Å². The molecule has 0 heterocycles. The number of aliphatic hydroxyl groups excluding tert-OH is 1. The van der Waals surface area contributed by atoms with Gasteiger partial charge in [-0.05, 0) is 69.7 Å². The SMILES string of the molecule is [CH2]c1cc(NC[C@H](CCCNC(N)=O)NC[C@@H](NC(=O)OC(C)(C)C)C(C)C)ccc1CO. The predicted octanol–water partition coefficient (Wildman–Crippen LogP) is 2.73. The van der Waals surface area contributed by atoms with E-state index >= 15 is 0 Å². The van der Waals surface area contributed by atoms with Crippen LogP contribution in [0.4, 0.5) is 15.3 Å². The first-order valence-corrected chi connectivity index (χ1v) is 11.5. The molecule has 0 fully saturated rings. The number of benzene rings is 1. The van der Waals surface area contributed by atoms with Crippen molar-refractivity contribution in [3.05, 3.63) is 36.2 Å². The maximum atomic E-state index is 12.2. The number of alkyl carbamates (subject to hydrolysis) is 1. The van der Waals surface area contributed by atoms with Crippen LogP contribution in [0.5, 0.6) is 0 Å². The van der Waals surface area contributed by atoms with Crippen molar-refractivity contribution >= 4 is 17.8 Å². The summed E-state index contributed by atoms with van der Waals surface area (Å²) in [4.78, 5) is 23.2. The van der Waals surface area contributed by atoms with E-state index in [0.29, 0.717) is 19.6 Å². The van der Waals surface area contributed by atoms with Crippen LogP contribution in [0.1, 0.15) is 58.6 Å². The van der Waals surface area contributed by atoms with Crippen molar-refractivity contribution in [2.45, 2.75) is 71.8 Å². The summed E-state index contributed by atoms with van der Waals surface area (Å²) >= 11 is 0. The number of ether oxygens (including phenoxy) is 1. The first kappa shape index (κ1) is 28.5. The van der Waals surface area contributed by atoms with E-state index in [1.54, 1.807) is 0 Å². The van der Waals surface area contributed by atoms with Gasteiger partial charge in [-0.15, -0.1) is 0 Å². The van der Waals surface area contributed by atoms with Gasteiger partial charge in [0.2, 0.25) is 0 Å². The van der Waals surface area contributed by atoms with Crippen LogP contribution in [0.3, 0.4) is 0 Å². The fourth-order valence-corrected chi connectivity index (χ4v) is 3.17. The zero-order chi connectivity index (χ0) is 25.0. The molecule has 0 aliphatic carbocycles. The fraction of sp³-hybridized carbons (Fsp3) is 0.625.